The predicted octanol–water partition coefficient (Wildman–Crippen LogP) is 3.58. The fourth-order valence-corrected chi connectivity index (χ4v) is 3.88. The number of hydrogen-bond donors (Lipinski definition) is 1. The van der Waals surface area contributed by atoms with Crippen molar-refractivity contribution >= 4 is 28.1 Å². The number of anilines is 1. The highest BCUT2D eigenvalue weighted by atomic mass is 16.5. The van der Waals surface area contributed by atoms with E-state index in [9.17, 15) is 9.59 Å². The summed E-state index contributed by atoms with van der Waals surface area (Å²) >= 11 is 0. The van der Waals surface area contributed by atoms with E-state index < -0.39 is 0 Å². The van der Waals surface area contributed by atoms with Crippen LogP contribution >= 0.6 is 0 Å². The van der Waals surface area contributed by atoms with Gasteiger partial charge in [-0.05, 0) is 42.8 Å². The minimum absolute atomic E-state index is 0.167. The van der Waals surface area contributed by atoms with Crippen LogP contribution in [-0.2, 0) is 17.9 Å². The number of amides is 1. The summed E-state index contributed by atoms with van der Waals surface area (Å²) < 4.78 is 14.6. The molecule has 0 saturated heterocycles. The molecule has 0 saturated carbocycles. The van der Waals surface area contributed by atoms with Gasteiger partial charge in [0.05, 0.1) is 30.0 Å². The van der Waals surface area contributed by atoms with Crippen molar-refractivity contribution in [1.29, 1.82) is 0 Å². The molecule has 1 amide bonds. The second-order valence-corrected chi connectivity index (χ2v) is 8.05. The number of hydrogen-bond acceptors (Lipinski definition) is 6. The van der Waals surface area contributed by atoms with Crippen molar-refractivity contribution in [1.82, 2.24) is 18.9 Å². The van der Waals surface area contributed by atoms with Gasteiger partial charge in [0, 0.05) is 24.1 Å². The minimum atomic E-state index is -0.364. The molecule has 3 aromatic heterocycles. The number of nitrogens with zero attached hydrogens (tertiary/aromatic N) is 4. The molecule has 9 nitrogen and oxygen atoms in total. The number of ether oxygens (including phenoxy) is 2. The number of aromatic nitrogens is 4. The fraction of sp³-hybridized carbons (Fsp3) is 0.154. The standard InChI is InChI=1S/C26H23N5O4/c1-17-6-5-7-20-25(17)27-16-31(26(20)33)14-24(32)29-18-9-10-21(34-2)22(12-18)35-15-19-13-30-11-4-3-8-23(30)28-19/h3-13,16H,14-15H2,1-2H3,(H,29,32). The predicted molar refractivity (Wildman–Crippen MR) is 132 cm³/mol. The van der Waals surface area contributed by atoms with Crippen molar-refractivity contribution in [3.05, 3.63) is 94.9 Å². The first-order valence-corrected chi connectivity index (χ1v) is 11.0. The fourth-order valence-electron chi connectivity index (χ4n) is 3.88. The van der Waals surface area contributed by atoms with Crippen molar-refractivity contribution in [3.63, 3.8) is 0 Å². The summed E-state index contributed by atoms with van der Waals surface area (Å²) in [5.74, 6) is 0.622. The van der Waals surface area contributed by atoms with Crippen molar-refractivity contribution in [2.75, 3.05) is 12.4 Å². The third-order valence-electron chi connectivity index (χ3n) is 5.61. The number of carbonyl (C=O) groups excluding carboxylic acids is 1. The van der Waals surface area contributed by atoms with Crippen LogP contribution < -0.4 is 20.3 Å². The molecule has 176 valence electrons. The molecule has 3 heterocycles. The number of imidazole rings is 1. The monoisotopic (exact) mass is 469 g/mol. The van der Waals surface area contributed by atoms with Crippen LogP contribution in [0, 0.1) is 6.92 Å². The maximum atomic E-state index is 12.8. The Morgan fingerprint density at radius 2 is 1.97 bits per heavy atom. The van der Waals surface area contributed by atoms with Gasteiger partial charge in [-0.25, -0.2) is 9.97 Å². The van der Waals surface area contributed by atoms with Crippen LogP contribution in [0.5, 0.6) is 11.5 Å². The van der Waals surface area contributed by atoms with Crippen LogP contribution in [0.15, 0.2) is 78.1 Å². The average Bonchev–Trinajstić information content (AvgIpc) is 3.28. The molecule has 9 heteroatoms. The number of nitrogens with one attached hydrogen (secondary N) is 1. The maximum Gasteiger partial charge on any atom is 0.261 e. The summed E-state index contributed by atoms with van der Waals surface area (Å²) in [4.78, 5) is 34.4. The molecular formula is C26H23N5O4. The van der Waals surface area contributed by atoms with Crippen molar-refractivity contribution in [2.24, 2.45) is 0 Å². The highest BCUT2D eigenvalue weighted by Gasteiger charge is 2.12. The van der Waals surface area contributed by atoms with Crippen LogP contribution in [0.2, 0.25) is 0 Å². The van der Waals surface area contributed by atoms with Gasteiger partial charge in [-0.3, -0.25) is 14.2 Å². The van der Waals surface area contributed by atoms with Gasteiger partial charge in [-0.15, -0.1) is 0 Å². The molecule has 5 aromatic rings. The van der Waals surface area contributed by atoms with Gasteiger partial charge >= 0.3 is 0 Å². The Bertz CT molecular complexity index is 1570. The number of rotatable bonds is 7. The summed E-state index contributed by atoms with van der Waals surface area (Å²) in [5, 5.41) is 3.29. The van der Waals surface area contributed by atoms with E-state index in [1.165, 1.54) is 10.9 Å². The molecular weight excluding hydrogens is 446 g/mol. The molecule has 0 spiro atoms. The molecule has 0 aliphatic heterocycles. The lowest BCUT2D eigenvalue weighted by atomic mass is 10.1. The zero-order valence-electron chi connectivity index (χ0n) is 19.3. The van der Waals surface area contributed by atoms with Crippen molar-refractivity contribution in [2.45, 2.75) is 20.1 Å². The summed E-state index contributed by atoms with van der Waals surface area (Å²) in [7, 11) is 1.55. The van der Waals surface area contributed by atoms with Gasteiger partial charge in [0.15, 0.2) is 11.5 Å². The lowest BCUT2D eigenvalue weighted by Crippen LogP contribution is -2.28. The van der Waals surface area contributed by atoms with E-state index in [4.69, 9.17) is 9.47 Å². The Morgan fingerprint density at radius 1 is 1.09 bits per heavy atom. The molecule has 0 atom stereocenters. The number of methoxy groups -OCH3 is 1. The van der Waals surface area contributed by atoms with Crippen LogP contribution in [0.4, 0.5) is 5.69 Å². The van der Waals surface area contributed by atoms with E-state index in [0.717, 1.165) is 16.9 Å². The second kappa shape index (κ2) is 9.30. The summed E-state index contributed by atoms with van der Waals surface area (Å²) in [6.45, 7) is 1.95. The Hall–Kier alpha value is -4.66. The third-order valence-corrected chi connectivity index (χ3v) is 5.61. The number of benzene rings is 2. The Balaban J connectivity index is 1.31. The number of carbonyl (C=O) groups is 1. The molecule has 1 N–H and O–H groups in total. The zero-order valence-corrected chi connectivity index (χ0v) is 19.3. The molecule has 0 aliphatic carbocycles. The van der Waals surface area contributed by atoms with Gasteiger partial charge in [-0.1, -0.05) is 18.2 Å². The van der Waals surface area contributed by atoms with E-state index >= 15 is 0 Å². The Morgan fingerprint density at radius 3 is 2.80 bits per heavy atom. The maximum absolute atomic E-state index is 12.8. The zero-order chi connectivity index (χ0) is 24.4. The molecule has 5 rings (SSSR count). The lowest BCUT2D eigenvalue weighted by molar-refractivity contribution is -0.116. The van der Waals surface area contributed by atoms with Crippen molar-refractivity contribution in [3.8, 4) is 11.5 Å². The third kappa shape index (κ3) is 4.56. The molecule has 0 radical (unpaired) electrons. The summed E-state index contributed by atoms with van der Waals surface area (Å²) in [6, 6.07) is 16.3. The van der Waals surface area contributed by atoms with Gasteiger partial charge in [0.25, 0.3) is 5.56 Å². The van der Waals surface area contributed by atoms with Gasteiger partial charge in [-0.2, -0.15) is 0 Å². The lowest BCUT2D eigenvalue weighted by Gasteiger charge is -2.13. The first-order chi connectivity index (χ1) is 17.0. The molecule has 35 heavy (non-hydrogen) atoms. The normalized spacial score (nSPS) is 11.0. The molecule has 0 fully saturated rings. The van der Waals surface area contributed by atoms with Gasteiger partial charge < -0.3 is 19.2 Å². The largest absolute Gasteiger partial charge is 0.493 e. The summed E-state index contributed by atoms with van der Waals surface area (Å²) in [5.41, 5.74) is 3.37. The number of para-hydroxylation sites is 1. The SMILES string of the molecule is COc1ccc(NC(=O)Cn2cnc3c(C)cccc3c2=O)cc1OCc1cn2ccccc2n1. The van der Waals surface area contributed by atoms with E-state index in [0.29, 0.717) is 28.1 Å². The van der Waals surface area contributed by atoms with E-state index in [1.54, 1.807) is 37.4 Å². The Kier molecular flexibility index (Phi) is 5.88. The minimum Gasteiger partial charge on any atom is -0.493 e. The van der Waals surface area contributed by atoms with Crippen LogP contribution in [-0.4, -0.2) is 32.0 Å². The topological polar surface area (TPSA) is 99.8 Å². The van der Waals surface area contributed by atoms with E-state index in [2.05, 4.69) is 15.3 Å². The molecule has 2 aromatic carbocycles. The highest BCUT2D eigenvalue weighted by molar-refractivity contribution is 5.91. The highest BCUT2D eigenvalue weighted by Crippen LogP contribution is 2.31. The number of pyridine rings is 1. The summed E-state index contributed by atoms with van der Waals surface area (Å²) in [6.07, 6.45) is 5.21. The van der Waals surface area contributed by atoms with E-state index in [-0.39, 0.29) is 24.6 Å². The number of aryl methyl sites for hydroxylation is 1. The number of fused-ring (bicyclic) bond motifs is 2. The quantitative estimate of drug-likeness (QED) is 0.391. The average molecular weight is 470 g/mol. The van der Waals surface area contributed by atoms with E-state index in [1.807, 2.05) is 48.0 Å². The smallest absolute Gasteiger partial charge is 0.261 e. The molecule has 0 aliphatic rings. The first kappa shape index (κ1) is 22.1. The molecule has 0 unspecified atom stereocenters. The molecule has 0 bridgehead atoms. The first-order valence-electron chi connectivity index (χ1n) is 11.0. The van der Waals surface area contributed by atoms with Crippen LogP contribution in [0.1, 0.15) is 11.3 Å². The van der Waals surface area contributed by atoms with Crippen molar-refractivity contribution < 1.29 is 14.3 Å². The van der Waals surface area contributed by atoms with Gasteiger partial charge in [0.1, 0.15) is 18.8 Å². The van der Waals surface area contributed by atoms with Gasteiger partial charge in [0.2, 0.25) is 5.91 Å². The van der Waals surface area contributed by atoms with Crippen LogP contribution in [0.3, 0.4) is 0 Å². The Labute approximate surface area is 200 Å². The van der Waals surface area contributed by atoms with Crippen LogP contribution in [0.25, 0.3) is 16.6 Å². The second-order valence-electron chi connectivity index (χ2n) is 8.05.